The Morgan fingerprint density at radius 2 is 2.18 bits per heavy atom. The highest BCUT2D eigenvalue weighted by atomic mass is 19.1. The third kappa shape index (κ3) is 2.64. The van der Waals surface area contributed by atoms with E-state index in [4.69, 9.17) is 0 Å². The lowest BCUT2D eigenvalue weighted by Crippen LogP contribution is -2.07. The first-order valence-electron chi connectivity index (χ1n) is 5.57. The van der Waals surface area contributed by atoms with E-state index in [0.29, 0.717) is 5.69 Å². The Morgan fingerprint density at radius 1 is 1.41 bits per heavy atom. The molecule has 17 heavy (non-hydrogen) atoms. The summed E-state index contributed by atoms with van der Waals surface area (Å²) in [6.07, 6.45) is 3.71. The third-order valence-corrected chi connectivity index (χ3v) is 2.72. The van der Waals surface area contributed by atoms with Crippen LogP contribution in [0.4, 0.5) is 10.1 Å². The molecule has 1 N–H and O–H groups in total. The zero-order valence-electron chi connectivity index (χ0n) is 10.2. The molecule has 1 unspecified atom stereocenters. The van der Waals surface area contributed by atoms with E-state index in [2.05, 4.69) is 10.4 Å². The van der Waals surface area contributed by atoms with Crippen molar-refractivity contribution in [2.75, 3.05) is 5.32 Å². The molecule has 1 aromatic heterocycles. The summed E-state index contributed by atoms with van der Waals surface area (Å²) in [6, 6.07) is 5.07. The van der Waals surface area contributed by atoms with E-state index in [1.165, 1.54) is 6.07 Å². The van der Waals surface area contributed by atoms with Crippen LogP contribution in [0.5, 0.6) is 0 Å². The van der Waals surface area contributed by atoms with Gasteiger partial charge in [-0.3, -0.25) is 4.68 Å². The van der Waals surface area contributed by atoms with Gasteiger partial charge in [0.2, 0.25) is 0 Å². The lowest BCUT2D eigenvalue weighted by atomic mass is 10.1. The van der Waals surface area contributed by atoms with E-state index in [1.807, 2.05) is 33.2 Å². The predicted octanol–water partition coefficient (Wildman–Crippen LogP) is 3.04. The van der Waals surface area contributed by atoms with Crippen LogP contribution in [0.3, 0.4) is 0 Å². The summed E-state index contributed by atoms with van der Waals surface area (Å²) in [5.74, 6) is -0.230. The molecule has 0 radical (unpaired) electrons. The number of hydrogen-bond donors (Lipinski definition) is 1. The zero-order valence-corrected chi connectivity index (χ0v) is 10.2. The lowest BCUT2D eigenvalue weighted by Gasteiger charge is -2.14. The maximum absolute atomic E-state index is 13.6. The van der Waals surface area contributed by atoms with Crippen molar-refractivity contribution in [2.24, 2.45) is 7.05 Å². The van der Waals surface area contributed by atoms with Gasteiger partial charge in [-0.25, -0.2) is 4.39 Å². The van der Waals surface area contributed by atoms with E-state index < -0.39 is 0 Å². The summed E-state index contributed by atoms with van der Waals surface area (Å²) < 4.78 is 15.3. The van der Waals surface area contributed by atoms with Crippen molar-refractivity contribution in [3.05, 3.63) is 47.5 Å². The van der Waals surface area contributed by atoms with E-state index in [9.17, 15) is 4.39 Å². The highest BCUT2D eigenvalue weighted by Crippen LogP contribution is 2.22. The topological polar surface area (TPSA) is 29.9 Å². The molecule has 0 saturated heterocycles. The SMILES string of the molecule is Cc1ccc(F)c(NC(C)c2cnn(C)c2)c1. The van der Waals surface area contributed by atoms with Crippen LogP contribution < -0.4 is 5.32 Å². The van der Waals surface area contributed by atoms with Crippen LogP contribution in [0.25, 0.3) is 0 Å². The Labute approximate surface area is 100 Å². The normalized spacial score (nSPS) is 12.5. The van der Waals surface area contributed by atoms with Crippen molar-refractivity contribution in [1.82, 2.24) is 9.78 Å². The van der Waals surface area contributed by atoms with Crippen LogP contribution in [0.2, 0.25) is 0 Å². The number of aryl methyl sites for hydroxylation is 2. The van der Waals surface area contributed by atoms with Gasteiger partial charge in [0, 0.05) is 18.8 Å². The minimum Gasteiger partial charge on any atom is -0.376 e. The monoisotopic (exact) mass is 233 g/mol. The summed E-state index contributed by atoms with van der Waals surface area (Å²) in [6.45, 7) is 3.93. The standard InChI is InChI=1S/C13H16FN3/c1-9-4-5-12(14)13(6-9)16-10(2)11-7-15-17(3)8-11/h4-8,10,16H,1-3H3. The molecule has 0 fully saturated rings. The summed E-state index contributed by atoms with van der Waals surface area (Å²) in [4.78, 5) is 0. The van der Waals surface area contributed by atoms with Gasteiger partial charge >= 0.3 is 0 Å². The fourth-order valence-electron chi connectivity index (χ4n) is 1.73. The first kappa shape index (κ1) is 11.6. The Bertz CT molecular complexity index is 519. The average Bonchev–Trinajstić information content (AvgIpc) is 2.70. The fraction of sp³-hybridized carbons (Fsp3) is 0.308. The second-order valence-electron chi connectivity index (χ2n) is 4.30. The Morgan fingerprint density at radius 3 is 2.82 bits per heavy atom. The fourth-order valence-corrected chi connectivity index (χ4v) is 1.73. The van der Waals surface area contributed by atoms with E-state index in [1.54, 1.807) is 16.9 Å². The molecule has 1 aromatic carbocycles. The van der Waals surface area contributed by atoms with Gasteiger partial charge in [0.25, 0.3) is 0 Å². The Hall–Kier alpha value is -1.84. The van der Waals surface area contributed by atoms with Crippen molar-refractivity contribution in [1.29, 1.82) is 0 Å². The first-order chi connectivity index (χ1) is 8.06. The predicted molar refractivity (Wildman–Crippen MR) is 66.4 cm³/mol. The van der Waals surface area contributed by atoms with Gasteiger partial charge in [-0.1, -0.05) is 6.07 Å². The number of aromatic nitrogens is 2. The molecular formula is C13H16FN3. The van der Waals surface area contributed by atoms with Crippen molar-refractivity contribution in [3.63, 3.8) is 0 Å². The number of halogens is 1. The second-order valence-corrected chi connectivity index (χ2v) is 4.30. The first-order valence-corrected chi connectivity index (χ1v) is 5.57. The van der Waals surface area contributed by atoms with Gasteiger partial charge in [0.1, 0.15) is 5.82 Å². The van der Waals surface area contributed by atoms with E-state index in [-0.39, 0.29) is 11.9 Å². The van der Waals surface area contributed by atoms with E-state index >= 15 is 0 Å². The van der Waals surface area contributed by atoms with Crippen molar-refractivity contribution in [3.8, 4) is 0 Å². The van der Waals surface area contributed by atoms with Crippen molar-refractivity contribution >= 4 is 5.69 Å². The second kappa shape index (κ2) is 4.57. The molecule has 3 nitrogen and oxygen atoms in total. The van der Waals surface area contributed by atoms with Gasteiger partial charge in [-0.2, -0.15) is 5.10 Å². The van der Waals surface area contributed by atoms with Gasteiger partial charge in [0.05, 0.1) is 17.9 Å². The zero-order chi connectivity index (χ0) is 12.4. The summed E-state index contributed by atoms with van der Waals surface area (Å²) in [5.41, 5.74) is 2.60. The number of rotatable bonds is 3. The van der Waals surface area contributed by atoms with Crippen LogP contribution in [0.1, 0.15) is 24.1 Å². The molecule has 0 aliphatic heterocycles. The van der Waals surface area contributed by atoms with Crippen molar-refractivity contribution in [2.45, 2.75) is 19.9 Å². The molecule has 2 aromatic rings. The quantitative estimate of drug-likeness (QED) is 0.883. The van der Waals surface area contributed by atoms with Gasteiger partial charge in [0.15, 0.2) is 0 Å². The van der Waals surface area contributed by atoms with Crippen LogP contribution in [-0.2, 0) is 7.05 Å². The summed E-state index contributed by atoms with van der Waals surface area (Å²) >= 11 is 0. The largest absolute Gasteiger partial charge is 0.376 e. The molecule has 0 aliphatic rings. The third-order valence-electron chi connectivity index (χ3n) is 2.72. The van der Waals surface area contributed by atoms with Gasteiger partial charge in [-0.15, -0.1) is 0 Å². The van der Waals surface area contributed by atoms with Crippen molar-refractivity contribution < 1.29 is 4.39 Å². The maximum Gasteiger partial charge on any atom is 0.146 e. The average molecular weight is 233 g/mol. The van der Waals surface area contributed by atoms with Gasteiger partial charge in [-0.05, 0) is 31.5 Å². The lowest BCUT2D eigenvalue weighted by molar-refractivity contribution is 0.627. The molecule has 2 rings (SSSR count). The minimum absolute atomic E-state index is 0.0278. The van der Waals surface area contributed by atoms with Crippen LogP contribution in [0.15, 0.2) is 30.6 Å². The molecule has 1 heterocycles. The van der Waals surface area contributed by atoms with Crippen LogP contribution in [0, 0.1) is 12.7 Å². The highest BCUT2D eigenvalue weighted by molar-refractivity contribution is 5.48. The maximum atomic E-state index is 13.6. The summed E-state index contributed by atoms with van der Waals surface area (Å²) in [7, 11) is 1.86. The molecular weight excluding hydrogens is 217 g/mol. The molecule has 0 spiro atoms. The highest BCUT2D eigenvalue weighted by Gasteiger charge is 2.10. The minimum atomic E-state index is -0.230. The summed E-state index contributed by atoms with van der Waals surface area (Å²) in [5, 5.41) is 7.25. The molecule has 0 saturated carbocycles. The Kier molecular flexibility index (Phi) is 3.13. The molecule has 0 amide bonds. The smallest absolute Gasteiger partial charge is 0.146 e. The number of benzene rings is 1. The molecule has 0 bridgehead atoms. The molecule has 1 atom stereocenters. The van der Waals surface area contributed by atoms with Crippen LogP contribution >= 0.6 is 0 Å². The van der Waals surface area contributed by atoms with Gasteiger partial charge < -0.3 is 5.32 Å². The number of hydrogen-bond acceptors (Lipinski definition) is 2. The number of anilines is 1. The molecule has 90 valence electrons. The van der Waals surface area contributed by atoms with E-state index in [0.717, 1.165) is 11.1 Å². The number of nitrogens with zero attached hydrogens (tertiary/aromatic N) is 2. The molecule has 0 aliphatic carbocycles. The molecule has 4 heteroatoms. The van der Waals surface area contributed by atoms with Crippen LogP contribution in [-0.4, -0.2) is 9.78 Å². The Balaban J connectivity index is 2.18. The number of nitrogens with one attached hydrogen (secondary N) is 1.